The summed E-state index contributed by atoms with van der Waals surface area (Å²) >= 11 is 8.82. The highest BCUT2D eigenvalue weighted by Crippen LogP contribution is 2.37. The molecular weight excluding hydrogens is 288 g/mol. The standard InChI is InChI=1S/C8H10Br2S/c1-3-5(2)8-6(9)4-7(10)11-8/h4-5H,3H2,1-2H3/t5-/m0/s1. The second kappa shape index (κ2) is 4.06. The van der Waals surface area contributed by atoms with Gasteiger partial charge in [0.15, 0.2) is 0 Å². The van der Waals surface area contributed by atoms with Crippen molar-refractivity contribution in [2.45, 2.75) is 26.2 Å². The first-order valence-electron chi connectivity index (χ1n) is 3.59. The lowest BCUT2D eigenvalue weighted by molar-refractivity contribution is 0.745. The summed E-state index contributed by atoms with van der Waals surface area (Å²) in [7, 11) is 0. The van der Waals surface area contributed by atoms with E-state index in [1.54, 1.807) is 0 Å². The highest BCUT2D eigenvalue weighted by molar-refractivity contribution is 9.11. The summed E-state index contributed by atoms with van der Waals surface area (Å²) in [5, 5.41) is 0. The van der Waals surface area contributed by atoms with Crippen molar-refractivity contribution in [1.29, 1.82) is 0 Å². The molecule has 0 aromatic carbocycles. The molecule has 0 saturated carbocycles. The fourth-order valence-electron chi connectivity index (χ4n) is 0.875. The maximum absolute atomic E-state index is 3.54. The van der Waals surface area contributed by atoms with Gasteiger partial charge in [0.05, 0.1) is 3.79 Å². The predicted octanol–water partition coefficient (Wildman–Crippen LogP) is 4.79. The molecule has 0 aliphatic carbocycles. The van der Waals surface area contributed by atoms with Gasteiger partial charge in [0, 0.05) is 9.35 Å². The van der Waals surface area contributed by atoms with E-state index in [9.17, 15) is 0 Å². The van der Waals surface area contributed by atoms with Crippen molar-refractivity contribution < 1.29 is 0 Å². The molecule has 0 aliphatic rings. The maximum atomic E-state index is 3.54. The lowest BCUT2D eigenvalue weighted by Gasteiger charge is -2.04. The zero-order chi connectivity index (χ0) is 8.43. The molecule has 3 heteroatoms. The summed E-state index contributed by atoms with van der Waals surface area (Å²) in [6.07, 6.45) is 1.20. The van der Waals surface area contributed by atoms with Crippen molar-refractivity contribution in [2.24, 2.45) is 0 Å². The maximum Gasteiger partial charge on any atom is 0.0713 e. The van der Waals surface area contributed by atoms with Crippen LogP contribution in [0.2, 0.25) is 0 Å². The van der Waals surface area contributed by atoms with Crippen LogP contribution in [0.1, 0.15) is 31.1 Å². The van der Waals surface area contributed by atoms with Gasteiger partial charge in [-0.25, -0.2) is 0 Å². The molecule has 0 saturated heterocycles. The predicted molar refractivity (Wildman–Crippen MR) is 58.4 cm³/mol. The van der Waals surface area contributed by atoms with Gasteiger partial charge in [-0.15, -0.1) is 11.3 Å². The van der Waals surface area contributed by atoms with Gasteiger partial charge in [-0.1, -0.05) is 13.8 Å². The Balaban J connectivity index is 2.93. The fourth-order valence-corrected chi connectivity index (χ4v) is 3.86. The highest BCUT2D eigenvalue weighted by Gasteiger charge is 2.10. The number of halogens is 2. The molecule has 0 unspecified atom stereocenters. The molecule has 1 heterocycles. The number of hydrogen-bond donors (Lipinski definition) is 0. The Labute approximate surface area is 88.3 Å². The second-order valence-electron chi connectivity index (χ2n) is 2.57. The van der Waals surface area contributed by atoms with E-state index in [1.165, 1.54) is 19.6 Å². The van der Waals surface area contributed by atoms with Crippen LogP contribution in [-0.2, 0) is 0 Å². The summed E-state index contributed by atoms with van der Waals surface area (Å²) in [6, 6.07) is 2.12. The van der Waals surface area contributed by atoms with E-state index in [2.05, 4.69) is 51.8 Å². The molecule has 0 amide bonds. The molecule has 0 fully saturated rings. The largest absolute Gasteiger partial charge is 0.132 e. The molecule has 1 rings (SSSR count). The Hall–Kier alpha value is 0.660. The van der Waals surface area contributed by atoms with E-state index >= 15 is 0 Å². The minimum absolute atomic E-state index is 0.667. The van der Waals surface area contributed by atoms with Crippen molar-refractivity contribution in [3.63, 3.8) is 0 Å². The Kier molecular flexibility index (Phi) is 3.59. The van der Waals surface area contributed by atoms with Gasteiger partial charge in [0.1, 0.15) is 0 Å². The van der Waals surface area contributed by atoms with E-state index < -0.39 is 0 Å². The van der Waals surface area contributed by atoms with E-state index in [4.69, 9.17) is 0 Å². The molecule has 1 aromatic heterocycles. The van der Waals surface area contributed by atoms with Crippen molar-refractivity contribution in [3.05, 3.63) is 19.2 Å². The van der Waals surface area contributed by atoms with Crippen LogP contribution in [-0.4, -0.2) is 0 Å². The van der Waals surface area contributed by atoms with E-state index in [0.717, 1.165) is 0 Å². The number of rotatable bonds is 2. The van der Waals surface area contributed by atoms with Crippen molar-refractivity contribution in [2.75, 3.05) is 0 Å². The summed E-state index contributed by atoms with van der Waals surface area (Å²) in [5.41, 5.74) is 0. The van der Waals surface area contributed by atoms with Crippen LogP contribution in [0.5, 0.6) is 0 Å². The molecule has 0 N–H and O–H groups in total. The van der Waals surface area contributed by atoms with Crippen molar-refractivity contribution in [3.8, 4) is 0 Å². The van der Waals surface area contributed by atoms with Crippen LogP contribution < -0.4 is 0 Å². The topological polar surface area (TPSA) is 0 Å². The molecule has 0 radical (unpaired) electrons. The molecule has 0 spiro atoms. The van der Waals surface area contributed by atoms with Gasteiger partial charge in [-0.3, -0.25) is 0 Å². The summed E-state index contributed by atoms with van der Waals surface area (Å²) in [4.78, 5) is 1.44. The minimum atomic E-state index is 0.667. The Morgan fingerprint density at radius 3 is 2.55 bits per heavy atom. The van der Waals surface area contributed by atoms with Gasteiger partial charge in [-0.05, 0) is 50.3 Å². The van der Waals surface area contributed by atoms with Crippen LogP contribution in [0.3, 0.4) is 0 Å². The third-order valence-electron chi connectivity index (χ3n) is 1.74. The van der Waals surface area contributed by atoms with E-state index in [0.29, 0.717) is 5.92 Å². The van der Waals surface area contributed by atoms with Crippen LogP contribution >= 0.6 is 43.2 Å². The van der Waals surface area contributed by atoms with E-state index in [1.807, 2.05) is 11.3 Å². The summed E-state index contributed by atoms with van der Waals surface area (Å²) in [6.45, 7) is 4.47. The average molecular weight is 298 g/mol. The number of thiophene rings is 1. The Bertz CT molecular complexity index is 242. The zero-order valence-corrected chi connectivity index (χ0v) is 10.5. The van der Waals surface area contributed by atoms with Gasteiger partial charge >= 0.3 is 0 Å². The van der Waals surface area contributed by atoms with Gasteiger partial charge in [-0.2, -0.15) is 0 Å². The average Bonchev–Trinajstić information content (AvgIpc) is 2.28. The first-order valence-corrected chi connectivity index (χ1v) is 6.00. The first kappa shape index (κ1) is 9.75. The third-order valence-corrected chi connectivity index (χ3v) is 4.53. The summed E-state index contributed by atoms with van der Waals surface area (Å²) in [5.74, 6) is 0.667. The van der Waals surface area contributed by atoms with Crippen LogP contribution in [0.15, 0.2) is 14.3 Å². The molecule has 1 atom stereocenters. The second-order valence-corrected chi connectivity index (χ2v) is 5.89. The van der Waals surface area contributed by atoms with Crippen LogP contribution in [0.25, 0.3) is 0 Å². The van der Waals surface area contributed by atoms with Crippen molar-refractivity contribution in [1.82, 2.24) is 0 Å². The fraction of sp³-hybridized carbons (Fsp3) is 0.500. The van der Waals surface area contributed by atoms with Crippen LogP contribution in [0.4, 0.5) is 0 Å². The Morgan fingerprint density at radius 2 is 2.18 bits per heavy atom. The van der Waals surface area contributed by atoms with E-state index in [-0.39, 0.29) is 0 Å². The number of hydrogen-bond acceptors (Lipinski definition) is 1. The van der Waals surface area contributed by atoms with Gasteiger partial charge in [0.25, 0.3) is 0 Å². The van der Waals surface area contributed by atoms with Crippen LogP contribution in [0, 0.1) is 0 Å². The van der Waals surface area contributed by atoms with Crippen molar-refractivity contribution >= 4 is 43.2 Å². The SMILES string of the molecule is CC[C@H](C)c1sc(Br)cc1Br. The molecular formula is C8H10Br2S. The smallest absolute Gasteiger partial charge is 0.0713 e. The monoisotopic (exact) mass is 296 g/mol. The molecule has 62 valence electrons. The lowest BCUT2D eigenvalue weighted by Crippen LogP contribution is -1.86. The molecule has 0 bridgehead atoms. The molecule has 0 aliphatic heterocycles. The molecule has 0 nitrogen and oxygen atoms in total. The summed E-state index contributed by atoms with van der Waals surface area (Å²) < 4.78 is 2.45. The van der Waals surface area contributed by atoms with Gasteiger partial charge < -0.3 is 0 Å². The van der Waals surface area contributed by atoms with Gasteiger partial charge in [0.2, 0.25) is 0 Å². The Morgan fingerprint density at radius 1 is 1.55 bits per heavy atom. The zero-order valence-electron chi connectivity index (χ0n) is 6.53. The molecule has 11 heavy (non-hydrogen) atoms. The first-order chi connectivity index (χ1) is 5.15. The third kappa shape index (κ3) is 2.30. The quantitative estimate of drug-likeness (QED) is 0.736. The minimum Gasteiger partial charge on any atom is -0.132 e. The normalized spacial score (nSPS) is 13.5. The lowest BCUT2D eigenvalue weighted by atomic mass is 10.1. The highest BCUT2D eigenvalue weighted by atomic mass is 79.9. The molecule has 1 aromatic rings.